The number of hydrogen-bond donors (Lipinski definition) is 0. The van der Waals surface area contributed by atoms with Crippen molar-refractivity contribution in [1.29, 1.82) is 0 Å². The Bertz CT molecular complexity index is 726. The predicted molar refractivity (Wildman–Crippen MR) is 76.0 cm³/mol. The lowest BCUT2D eigenvalue weighted by molar-refractivity contribution is 0.618. The van der Waals surface area contributed by atoms with Crippen LogP contribution in [0.4, 0.5) is 4.39 Å². The van der Waals surface area contributed by atoms with E-state index in [4.69, 9.17) is 11.6 Å². The Labute approximate surface area is 120 Å². The van der Waals surface area contributed by atoms with Crippen molar-refractivity contribution in [2.75, 3.05) is 0 Å². The molecule has 0 aliphatic carbocycles. The number of aromatic nitrogens is 3. The molecule has 2 aromatic carbocycles. The zero-order valence-corrected chi connectivity index (χ0v) is 11.3. The van der Waals surface area contributed by atoms with E-state index in [1.165, 1.54) is 6.07 Å². The first kappa shape index (κ1) is 12.8. The Morgan fingerprint density at radius 3 is 2.70 bits per heavy atom. The largest absolute Gasteiger partial charge is 0.248 e. The maximum atomic E-state index is 14.2. The third kappa shape index (κ3) is 2.42. The second kappa shape index (κ2) is 5.43. The van der Waals surface area contributed by atoms with Crippen molar-refractivity contribution in [2.24, 2.45) is 0 Å². The number of benzene rings is 2. The fourth-order valence-electron chi connectivity index (χ4n) is 2.16. The van der Waals surface area contributed by atoms with Crippen molar-refractivity contribution in [3.63, 3.8) is 0 Å². The second-order valence-electron chi connectivity index (χ2n) is 4.35. The molecule has 20 heavy (non-hydrogen) atoms. The van der Waals surface area contributed by atoms with Gasteiger partial charge in [-0.2, -0.15) is 0 Å². The first-order valence-corrected chi connectivity index (χ1v) is 6.50. The average molecular weight is 288 g/mol. The van der Waals surface area contributed by atoms with Crippen LogP contribution in [0.3, 0.4) is 0 Å². The fourth-order valence-corrected chi connectivity index (χ4v) is 2.39. The normalized spacial score (nSPS) is 10.7. The van der Waals surface area contributed by atoms with Gasteiger partial charge in [0.1, 0.15) is 5.82 Å². The van der Waals surface area contributed by atoms with E-state index in [1.807, 2.05) is 24.3 Å². The van der Waals surface area contributed by atoms with E-state index < -0.39 is 0 Å². The highest BCUT2D eigenvalue weighted by Gasteiger charge is 2.13. The molecule has 0 aliphatic heterocycles. The highest BCUT2D eigenvalue weighted by Crippen LogP contribution is 2.32. The summed E-state index contributed by atoms with van der Waals surface area (Å²) in [5.41, 5.74) is 2.00. The molecule has 0 bridgehead atoms. The van der Waals surface area contributed by atoms with Crippen molar-refractivity contribution < 1.29 is 4.39 Å². The second-order valence-corrected chi connectivity index (χ2v) is 4.76. The highest BCUT2D eigenvalue weighted by atomic mass is 35.5. The zero-order valence-electron chi connectivity index (χ0n) is 10.5. The van der Waals surface area contributed by atoms with Crippen molar-refractivity contribution in [3.8, 4) is 11.1 Å². The molecular weight excluding hydrogens is 277 g/mol. The Morgan fingerprint density at radius 1 is 1.10 bits per heavy atom. The van der Waals surface area contributed by atoms with Crippen LogP contribution >= 0.6 is 11.6 Å². The van der Waals surface area contributed by atoms with Crippen LogP contribution in [-0.4, -0.2) is 15.0 Å². The molecule has 0 atom stereocenters. The van der Waals surface area contributed by atoms with E-state index >= 15 is 0 Å². The van der Waals surface area contributed by atoms with Gasteiger partial charge >= 0.3 is 0 Å². The fraction of sp³-hybridized carbons (Fsp3) is 0.0667. The van der Waals surface area contributed by atoms with Crippen molar-refractivity contribution in [2.45, 2.75) is 6.54 Å². The molecular formula is C15H11ClFN3. The molecule has 3 rings (SSSR count). The Morgan fingerprint density at radius 2 is 1.95 bits per heavy atom. The standard InChI is InChI=1S/C15H11ClFN3/c16-13-6-2-1-5-12(13)15-11(4-3-7-14(15)17)10-20-9-8-18-19-20/h1-9H,10H2. The van der Waals surface area contributed by atoms with E-state index in [2.05, 4.69) is 10.3 Å². The van der Waals surface area contributed by atoms with Crippen molar-refractivity contribution in [3.05, 3.63) is 71.3 Å². The predicted octanol–water partition coefficient (Wildman–Crippen LogP) is 3.79. The highest BCUT2D eigenvalue weighted by molar-refractivity contribution is 6.33. The zero-order chi connectivity index (χ0) is 13.9. The molecule has 100 valence electrons. The van der Waals surface area contributed by atoms with Crippen molar-refractivity contribution >= 4 is 11.6 Å². The number of halogens is 2. The van der Waals surface area contributed by atoms with Gasteiger partial charge in [-0.1, -0.05) is 47.1 Å². The minimum Gasteiger partial charge on any atom is -0.248 e. The summed E-state index contributed by atoms with van der Waals surface area (Å²) in [6.07, 6.45) is 3.33. The molecule has 0 amide bonds. The summed E-state index contributed by atoms with van der Waals surface area (Å²) in [6, 6.07) is 12.2. The van der Waals surface area contributed by atoms with Crippen LogP contribution in [0.15, 0.2) is 54.9 Å². The van der Waals surface area contributed by atoms with E-state index in [9.17, 15) is 4.39 Å². The van der Waals surface area contributed by atoms with Gasteiger partial charge in [0, 0.05) is 22.3 Å². The summed E-state index contributed by atoms with van der Waals surface area (Å²) < 4.78 is 15.9. The first-order valence-electron chi connectivity index (χ1n) is 6.12. The van der Waals surface area contributed by atoms with Gasteiger partial charge in [0.2, 0.25) is 0 Å². The number of rotatable bonds is 3. The summed E-state index contributed by atoms with van der Waals surface area (Å²) >= 11 is 6.18. The molecule has 0 N–H and O–H groups in total. The van der Waals surface area contributed by atoms with Gasteiger partial charge in [0.05, 0.1) is 12.7 Å². The van der Waals surface area contributed by atoms with E-state index in [0.717, 1.165) is 5.56 Å². The third-order valence-electron chi connectivity index (χ3n) is 3.05. The minimum atomic E-state index is -0.296. The summed E-state index contributed by atoms with van der Waals surface area (Å²) in [7, 11) is 0. The van der Waals surface area contributed by atoms with Gasteiger partial charge in [-0.3, -0.25) is 0 Å². The molecule has 0 unspecified atom stereocenters. The van der Waals surface area contributed by atoms with Gasteiger partial charge < -0.3 is 0 Å². The lowest BCUT2D eigenvalue weighted by Gasteiger charge is -2.12. The van der Waals surface area contributed by atoms with Crippen LogP contribution in [0, 0.1) is 5.82 Å². The molecule has 5 heteroatoms. The Balaban J connectivity index is 2.12. The molecule has 0 aliphatic rings. The monoisotopic (exact) mass is 287 g/mol. The van der Waals surface area contributed by atoms with Gasteiger partial charge in [-0.25, -0.2) is 9.07 Å². The molecule has 1 aromatic heterocycles. The summed E-state index contributed by atoms with van der Waals surface area (Å²) in [5, 5.41) is 8.19. The van der Waals surface area contributed by atoms with Crippen LogP contribution in [0.1, 0.15) is 5.56 Å². The van der Waals surface area contributed by atoms with Gasteiger partial charge in [-0.15, -0.1) is 5.10 Å². The smallest absolute Gasteiger partial charge is 0.131 e. The Kier molecular flexibility index (Phi) is 3.48. The summed E-state index contributed by atoms with van der Waals surface area (Å²) in [4.78, 5) is 0. The molecule has 1 heterocycles. The number of nitrogens with zero attached hydrogens (tertiary/aromatic N) is 3. The molecule has 0 radical (unpaired) electrons. The molecule has 0 fully saturated rings. The first-order chi connectivity index (χ1) is 9.75. The van der Waals surface area contributed by atoms with E-state index in [-0.39, 0.29) is 5.82 Å². The topological polar surface area (TPSA) is 30.7 Å². The maximum absolute atomic E-state index is 14.2. The average Bonchev–Trinajstić information content (AvgIpc) is 2.93. The van der Waals surface area contributed by atoms with Crippen LogP contribution < -0.4 is 0 Å². The SMILES string of the molecule is Fc1cccc(Cn2ccnn2)c1-c1ccccc1Cl. The van der Waals surface area contributed by atoms with Crippen LogP contribution in [0.25, 0.3) is 11.1 Å². The van der Waals surface area contributed by atoms with Crippen LogP contribution in [0.5, 0.6) is 0 Å². The molecule has 0 spiro atoms. The van der Waals surface area contributed by atoms with Crippen LogP contribution in [0.2, 0.25) is 5.02 Å². The summed E-state index contributed by atoms with van der Waals surface area (Å²) in [5.74, 6) is -0.296. The Hall–Kier alpha value is -2.20. The third-order valence-corrected chi connectivity index (χ3v) is 3.38. The van der Waals surface area contributed by atoms with E-state index in [0.29, 0.717) is 22.7 Å². The van der Waals surface area contributed by atoms with E-state index in [1.54, 1.807) is 29.2 Å². The molecule has 3 aromatic rings. The quantitative estimate of drug-likeness (QED) is 0.734. The van der Waals surface area contributed by atoms with Gasteiger partial charge in [0.15, 0.2) is 0 Å². The lowest BCUT2D eigenvalue weighted by Crippen LogP contribution is -2.03. The summed E-state index contributed by atoms with van der Waals surface area (Å²) in [6.45, 7) is 0.443. The van der Waals surface area contributed by atoms with Crippen LogP contribution in [-0.2, 0) is 6.54 Å². The minimum absolute atomic E-state index is 0.296. The maximum Gasteiger partial charge on any atom is 0.131 e. The van der Waals surface area contributed by atoms with Gasteiger partial charge in [-0.05, 0) is 17.7 Å². The molecule has 3 nitrogen and oxygen atoms in total. The van der Waals surface area contributed by atoms with Gasteiger partial charge in [0.25, 0.3) is 0 Å². The molecule has 0 saturated carbocycles. The lowest BCUT2D eigenvalue weighted by atomic mass is 9.99. The number of hydrogen-bond acceptors (Lipinski definition) is 2. The molecule has 0 saturated heterocycles. The van der Waals surface area contributed by atoms with Crippen molar-refractivity contribution in [1.82, 2.24) is 15.0 Å².